The van der Waals surface area contributed by atoms with Crippen LogP contribution in [0.1, 0.15) is 51.9 Å². The lowest BCUT2D eigenvalue weighted by atomic mass is 9.88. The first-order valence-electron chi connectivity index (χ1n) is 7.20. The van der Waals surface area contributed by atoms with E-state index in [0.29, 0.717) is 18.2 Å². The van der Waals surface area contributed by atoms with Gasteiger partial charge in [0.2, 0.25) is 0 Å². The molecule has 1 aliphatic carbocycles. The SMILES string of the molecule is CCOC(=O)[C@@H]1CC2(CCCC2)N2CCC[C@H]12. The van der Waals surface area contributed by atoms with Crippen LogP contribution in [0.4, 0.5) is 0 Å². The van der Waals surface area contributed by atoms with Crippen molar-refractivity contribution >= 4 is 5.97 Å². The van der Waals surface area contributed by atoms with E-state index in [-0.39, 0.29) is 11.9 Å². The lowest BCUT2D eigenvalue weighted by molar-refractivity contribution is -0.148. The second-order valence-corrected chi connectivity index (χ2v) is 5.90. The van der Waals surface area contributed by atoms with Gasteiger partial charge in [-0.15, -0.1) is 0 Å². The summed E-state index contributed by atoms with van der Waals surface area (Å²) in [5, 5.41) is 0. The third-order valence-corrected chi connectivity index (χ3v) is 5.10. The average Bonchev–Trinajstić information content (AvgIpc) is 3.00. The van der Waals surface area contributed by atoms with Gasteiger partial charge in [0.15, 0.2) is 0 Å². The molecule has 0 unspecified atom stereocenters. The molecule has 0 bridgehead atoms. The molecule has 96 valence electrons. The molecule has 2 aliphatic heterocycles. The fourth-order valence-electron chi connectivity index (χ4n) is 4.48. The van der Waals surface area contributed by atoms with Gasteiger partial charge in [0.05, 0.1) is 12.5 Å². The lowest BCUT2D eigenvalue weighted by Gasteiger charge is -2.34. The van der Waals surface area contributed by atoms with Crippen LogP contribution in [0.25, 0.3) is 0 Å². The smallest absolute Gasteiger partial charge is 0.310 e. The first-order chi connectivity index (χ1) is 8.27. The molecule has 1 spiro atoms. The Morgan fingerprint density at radius 1 is 1.35 bits per heavy atom. The summed E-state index contributed by atoms with van der Waals surface area (Å²) in [4.78, 5) is 14.7. The number of carbonyl (C=O) groups excluding carboxylic acids is 1. The Balaban J connectivity index is 1.81. The van der Waals surface area contributed by atoms with Gasteiger partial charge in [-0.05, 0) is 45.6 Å². The van der Waals surface area contributed by atoms with Crippen molar-refractivity contribution < 1.29 is 9.53 Å². The molecule has 3 rings (SSSR count). The molecule has 3 aliphatic rings. The van der Waals surface area contributed by atoms with Crippen molar-refractivity contribution in [1.82, 2.24) is 4.90 Å². The predicted octanol–water partition coefficient (Wildman–Crippen LogP) is 2.35. The van der Waals surface area contributed by atoms with Crippen LogP contribution in [0, 0.1) is 5.92 Å². The summed E-state index contributed by atoms with van der Waals surface area (Å²) in [6.45, 7) is 3.64. The summed E-state index contributed by atoms with van der Waals surface area (Å²) in [6, 6.07) is 0.493. The maximum atomic E-state index is 12.1. The Bertz CT molecular complexity index is 309. The molecular formula is C14H23NO2. The third kappa shape index (κ3) is 1.70. The minimum absolute atomic E-state index is 0.0631. The van der Waals surface area contributed by atoms with Crippen LogP contribution in [-0.2, 0) is 9.53 Å². The molecule has 0 aromatic heterocycles. The second-order valence-electron chi connectivity index (χ2n) is 5.90. The van der Waals surface area contributed by atoms with E-state index in [0.717, 1.165) is 6.42 Å². The monoisotopic (exact) mass is 237 g/mol. The Morgan fingerprint density at radius 2 is 2.12 bits per heavy atom. The maximum absolute atomic E-state index is 12.1. The highest BCUT2D eigenvalue weighted by Gasteiger charge is 2.56. The Hall–Kier alpha value is -0.570. The Kier molecular flexibility index (Phi) is 2.89. The van der Waals surface area contributed by atoms with Crippen molar-refractivity contribution in [2.24, 2.45) is 5.92 Å². The predicted molar refractivity (Wildman–Crippen MR) is 65.7 cm³/mol. The number of fused-ring (bicyclic) bond motifs is 2. The molecule has 2 saturated heterocycles. The van der Waals surface area contributed by atoms with Crippen LogP contribution in [0.2, 0.25) is 0 Å². The van der Waals surface area contributed by atoms with Crippen LogP contribution >= 0.6 is 0 Å². The van der Waals surface area contributed by atoms with E-state index in [9.17, 15) is 4.79 Å². The highest BCUT2D eigenvalue weighted by atomic mass is 16.5. The zero-order valence-electron chi connectivity index (χ0n) is 10.8. The normalized spacial score (nSPS) is 35.4. The molecule has 2 heterocycles. The van der Waals surface area contributed by atoms with E-state index < -0.39 is 0 Å². The van der Waals surface area contributed by atoms with Crippen molar-refractivity contribution in [3.63, 3.8) is 0 Å². The Morgan fingerprint density at radius 3 is 2.82 bits per heavy atom. The minimum atomic E-state index is 0.0631. The van der Waals surface area contributed by atoms with Crippen molar-refractivity contribution in [1.29, 1.82) is 0 Å². The van der Waals surface area contributed by atoms with Crippen molar-refractivity contribution in [2.75, 3.05) is 13.2 Å². The number of rotatable bonds is 2. The van der Waals surface area contributed by atoms with E-state index in [4.69, 9.17) is 4.74 Å². The zero-order valence-corrected chi connectivity index (χ0v) is 10.8. The minimum Gasteiger partial charge on any atom is -0.466 e. The first kappa shape index (κ1) is 11.5. The van der Waals surface area contributed by atoms with Gasteiger partial charge < -0.3 is 4.74 Å². The van der Waals surface area contributed by atoms with Crippen LogP contribution in [0.5, 0.6) is 0 Å². The number of carbonyl (C=O) groups is 1. The fraction of sp³-hybridized carbons (Fsp3) is 0.929. The molecule has 0 amide bonds. The number of hydrogen-bond donors (Lipinski definition) is 0. The highest BCUT2D eigenvalue weighted by Crippen LogP contribution is 2.51. The summed E-state index contributed by atoms with van der Waals surface area (Å²) in [5.41, 5.74) is 0.374. The van der Waals surface area contributed by atoms with Crippen molar-refractivity contribution in [3.05, 3.63) is 0 Å². The average molecular weight is 237 g/mol. The maximum Gasteiger partial charge on any atom is 0.310 e. The summed E-state index contributed by atoms with van der Waals surface area (Å²) in [5.74, 6) is 0.226. The fourth-order valence-corrected chi connectivity index (χ4v) is 4.48. The molecule has 3 heteroatoms. The summed E-state index contributed by atoms with van der Waals surface area (Å²) >= 11 is 0. The molecule has 2 atom stereocenters. The zero-order chi connectivity index (χ0) is 11.9. The molecular weight excluding hydrogens is 214 g/mol. The standard InChI is InChI=1S/C14H23NO2/c1-2-17-13(16)11-10-14(7-3-4-8-14)15-9-5-6-12(11)15/h11-12H,2-10H2,1H3/t11-,12-/m1/s1. The molecule has 17 heavy (non-hydrogen) atoms. The second kappa shape index (κ2) is 4.27. The third-order valence-electron chi connectivity index (χ3n) is 5.10. The van der Waals surface area contributed by atoms with E-state index in [1.54, 1.807) is 0 Å². The lowest BCUT2D eigenvalue weighted by Crippen LogP contribution is -2.42. The van der Waals surface area contributed by atoms with Crippen LogP contribution in [0.15, 0.2) is 0 Å². The van der Waals surface area contributed by atoms with Crippen molar-refractivity contribution in [2.45, 2.75) is 63.5 Å². The Labute approximate surface area is 104 Å². The van der Waals surface area contributed by atoms with Crippen LogP contribution in [-0.4, -0.2) is 35.6 Å². The number of ether oxygens (including phenoxy) is 1. The summed E-state index contributed by atoms with van der Waals surface area (Å²) in [7, 11) is 0. The molecule has 0 radical (unpaired) electrons. The van der Waals surface area contributed by atoms with Gasteiger partial charge in [0, 0.05) is 11.6 Å². The summed E-state index contributed by atoms with van der Waals surface area (Å²) < 4.78 is 5.27. The van der Waals surface area contributed by atoms with Crippen LogP contribution < -0.4 is 0 Å². The first-order valence-corrected chi connectivity index (χ1v) is 7.20. The number of nitrogens with zero attached hydrogens (tertiary/aromatic N) is 1. The van der Waals surface area contributed by atoms with Gasteiger partial charge in [0.1, 0.15) is 0 Å². The molecule has 1 saturated carbocycles. The van der Waals surface area contributed by atoms with E-state index in [2.05, 4.69) is 4.90 Å². The van der Waals surface area contributed by atoms with Crippen molar-refractivity contribution in [3.8, 4) is 0 Å². The number of esters is 1. The van der Waals surface area contributed by atoms with Gasteiger partial charge in [0.25, 0.3) is 0 Å². The van der Waals surface area contributed by atoms with Gasteiger partial charge in [-0.3, -0.25) is 9.69 Å². The van der Waals surface area contributed by atoms with Gasteiger partial charge in [-0.1, -0.05) is 12.8 Å². The molecule has 0 aromatic carbocycles. The van der Waals surface area contributed by atoms with Gasteiger partial charge in [-0.2, -0.15) is 0 Å². The molecule has 0 aromatic rings. The van der Waals surface area contributed by atoms with Crippen LogP contribution in [0.3, 0.4) is 0 Å². The summed E-state index contributed by atoms with van der Waals surface area (Å²) in [6.07, 6.45) is 8.83. The van der Waals surface area contributed by atoms with E-state index in [1.807, 2.05) is 6.92 Å². The quantitative estimate of drug-likeness (QED) is 0.690. The number of hydrogen-bond acceptors (Lipinski definition) is 3. The van der Waals surface area contributed by atoms with E-state index in [1.165, 1.54) is 45.1 Å². The molecule has 3 nitrogen and oxygen atoms in total. The largest absolute Gasteiger partial charge is 0.466 e. The van der Waals surface area contributed by atoms with E-state index >= 15 is 0 Å². The topological polar surface area (TPSA) is 29.5 Å². The van der Waals surface area contributed by atoms with Gasteiger partial charge >= 0.3 is 5.97 Å². The van der Waals surface area contributed by atoms with Gasteiger partial charge in [-0.25, -0.2) is 0 Å². The molecule has 0 N–H and O–H groups in total. The molecule has 3 fully saturated rings. The highest BCUT2D eigenvalue weighted by molar-refractivity contribution is 5.74.